The molecule has 84 valence electrons. The molecule has 0 aliphatic carbocycles. The van der Waals surface area contributed by atoms with E-state index < -0.39 is 0 Å². The summed E-state index contributed by atoms with van der Waals surface area (Å²) >= 11 is 0. The van der Waals surface area contributed by atoms with Crippen LogP contribution in [0.15, 0.2) is 24.3 Å². The summed E-state index contributed by atoms with van der Waals surface area (Å²) in [5.74, 6) is 0.877. The third-order valence-electron chi connectivity index (χ3n) is 2.38. The molecular weight excluding hydrogens is 190 g/mol. The van der Waals surface area contributed by atoms with E-state index in [-0.39, 0.29) is 6.61 Å². The minimum atomic E-state index is 0.233. The van der Waals surface area contributed by atoms with Gasteiger partial charge in [-0.1, -0.05) is 12.1 Å². The van der Waals surface area contributed by atoms with Crippen LogP contribution in [0.2, 0.25) is 0 Å². The number of methoxy groups -OCH3 is 1. The molecule has 1 rings (SSSR count). The van der Waals surface area contributed by atoms with Crippen molar-refractivity contribution in [3.05, 3.63) is 29.8 Å². The Balaban J connectivity index is 2.37. The smallest absolute Gasteiger partial charge is 0.118 e. The van der Waals surface area contributed by atoms with Gasteiger partial charge in [-0.05, 0) is 31.0 Å². The van der Waals surface area contributed by atoms with E-state index in [0.29, 0.717) is 6.04 Å². The van der Waals surface area contributed by atoms with E-state index in [2.05, 4.69) is 12.2 Å². The molecule has 2 N–H and O–H groups in total. The van der Waals surface area contributed by atoms with Gasteiger partial charge in [-0.25, -0.2) is 0 Å². The Morgan fingerprint density at radius 2 is 2.00 bits per heavy atom. The first-order valence-electron chi connectivity index (χ1n) is 5.23. The summed E-state index contributed by atoms with van der Waals surface area (Å²) in [6.07, 6.45) is 0.788. The number of benzene rings is 1. The Labute approximate surface area is 91.1 Å². The second kappa shape index (κ2) is 6.43. The normalized spacial score (nSPS) is 12.5. The topological polar surface area (TPSA) is 41.5 Å². The lowest BCUT2D eigenvalue weighted by Crippen LogP contribution is -2.26. The van der Waals surface area contributed by atoms with Gasteiger partial charge in [-0.2, -0.15) is 0 Å². The molecule has 3 heteroatoms. The summed E-state index contributed by atoms with van der Waals surface area (Å²) < 4.78 is 5.08. The fraction of sp³-hybridized carbons (Fsp3) is 0.500. The van der Waals surface area contributed by atoms with Gasteiger partial charge >= 0.3 is 0 Å². The summed E-state index contributed by atoms with van der Waals surface area (Å²) in [5.41, 5.74) is 1.22. The maximum atomic E-state index is 8.75. The predicted molar refractivity (Wildman–Crippen MR) is 61.0 cm³/mol. The second-order valence-electron chi connectivity index (χ2n) is 3.64. The van der Waals surface area contributed by atoms with Crippen LogP contribution >= 0.6 is 0 Å². The molecule has 0 aliphatic heterocycles. The molecule has 0 aliphatic rings. The molecule has 3 nitrogen and oxygen atoms in total. The van der Waals surface area contributed by atoms with Crippen LogP contribution in [0.4, 0.5) is 0 Å². The molecule has 0 saturated carbocycles. The van der Waals surface area contributed by atoms with Crippen LogP contribution in [0, 0.1) is 0 Å². The number of aliphatic hydroxyl groups is 1. The number of rotatable bonds is 6. The van der Waals surface area contributed by atoms with E-state index in [4.69, 9.17) is 9.84 Å². The molecule has 0 fully saturated rings. The molecular formula is C12H19NO2. The van der Waals surface area contributed by atoms with E-state index >= 15 is 0 Å². The Bertz CT molecular complexity index is 271. The average molecular weight is 209 g/mol. The number of aliphatic hydroxyl groups excluding tert-OH is 1. The first-order valence-corrected chi connectivity index (χ1v) is 5.23. The third kappa shape index (κ3) is 4.32. The molecule has 1 aromatic rings. The van der Waals surface area contributed by atoms with Crippen molar-refractivity contribution in [2.45, 2.75) is 25.9 Å². The van der Waals surface area contributed by atoms with Crippen molar-refractivity contribution in [2.24, 2.45) is 0 Å². The molecule has 0 heterocycles. The number of ether oxygens (including phenoxy) is 1. The van der Waals surface area contributed by atoms with Crippen LogP contribution in [0.1, 0.15) is 18.9 Å². The quantitative estimate of drug-likeness (QED) is 0.747. The zero-order valence-corrected chi connectivity index (χ0v) is 9.36. The van der Waals surface area contributed by atoms with Crippen molar-refractivity contribution in [3.63, 3.8) is 0 Å². The Morgan fingerprint density at radius 3 is 2.53 bits per heavy atom. The summed E-state index contributed by atoms with van der Waals surface area (Å²) in [6.45, 7) is 3.13. The molecule has 1 unspecified atom stereocenters. The molecule has 1 atom stereocenters. The van der Waals surface area contributed by atoms with Gasteiger partial charge in [0, 0.05) is 19.2 Å². The highest BCUT2D eigenvalue weighted by Crippen LogP contribution is 2.11. The minimum absolute atomic E-state index is 0.233. The van der Waals surface area contributed by atoms with Gasteiger partial charge < -0.3 is 15.2 Å². The highest BCUT2D eigenvalue weighted by Gasteiger charge is 2.00. The lowest BCUT2D eigenvalue weighted by Gasteiger charge is -2.12. The molecule has 0 aromatic heterocycles. The lowest BCUT2D eigenvalue weighted by atomic mass is 10.2. The maximum Gasteiger partial charge on any atom is 0.118 e. The van der Waals surface area contributed by atoms with E-state index in [0.717, 1.165) is 18.7 Å². The number of hydrogen-bond donors (Lipinski definition) is 2. The lowest BCUT2D eigenvalue weighted by molar-refractivity contribution is 0.268. The Morgan fingerprint density at radius 1 is 1.33 bits per heavy atom. The van der Waals surface area contributed by atoms with E-state index in [9.17, 15) is 0 Å². The molecule has 0 radical (unpaired) electrons. The van der Waals surface area contributed by atoms with Crippen LogP contribution in [0.3, 0.4) is 0 Å². The number of hydrogen-bond acceptors (Lipinski definition) is 3. The van der Waals surface area contributed by atoms with Crippen LogP contribution in [0.25, 0.3) is 0 Å². The molecule has 0 saturated heterocycles. The highest BCUT2D eigenvalue weighted by molar-refractivity contribution is 5.26. The van der Waals surface area contributed by atoms with Crippen molar-refractivity contribution >= 4 is 0 Å². The first-order chi connectivity index (χ1) is 7.26. The van der Waals surface area contributed by atoms with Crippen LogP contribution in [0.5, 0.6) is 5.75 Å². The molecule has 0 amide bonds. The molecule has 15 heavy (non-hydrogen) atoms. The Hall–Kier alpha value is -1.06. The fourth-order valence-electron chi connectivity index (χ4n) is 1.33. The molecule has 0 spiro atoms. The second-order valence-corrected chi connectivity index (χ2v) is 3.64. The standard InChI is InChI=1S/C12H19NO2/c1-10(7-8-14)13-9-11-3-5-12(15-2)6-4-11/h3-6,10,13-14H,7-9H2,1-2H3. The molecule has 1 aromatic carbocycles. The summed E-state index contributed by atoms with van der Waals surface area (Å²) in [6, 6.07) is 8.33. The van der Waals surface area contributed by atoms with Crippen molar-refractivity contribution in [1.29, 1.82) is 0 Å². The van der Waals surface area contributed by atoms with Gasteiger partial charge in [0.15, 0.2) is 0 Å². The SMILES string of the molecule is COc1ccc(CNC(C)CCO)cc1. The van der Waals surface area contributed by atoms with Gasteiger partial charge in [0.25, 0.3) is 0 Å². The van der Waals surface area contributed by atoms with E-state index in [1.807, 2.05) is 24.3 Å². The van der Waals surface area contributed by atoms with Crippen molar-refractivity contribution in [2.75, 3.05) is 13.7 Å². The van der Waals surface area contributed by atoms with Crippen molar-refractivity contribution in [1.82, 2.24) is 5.32 Å². The first kappa shape index (κ1) is 12.0. The van der Waals surface area contributed by atoms with E-state index in [1.54, 1.807) is 7.11 Å². The van der Waals surface area contributed by atoms with Crippen molar-refractivity contribution in [3.8, 4) is 5.75 Å². The summed E-state index contributed by atoms with van der Waals surface area (Å²) in [7, 11) is 1.66. The predicted octanol–water partition coefficient (Wildman–Crippen LogP) is 1.56. The third-order valence-corrected chi connectivity index (χ3v) is 2.38. The van der Waals surface area contributed by atoms with Gasteiger partial charge in [-0.15, -0.1) is 0 Å². The highest BCUT2D eigenvalue weighted by atomic mass is 16.5. The van der Waals surface area contributed by atoms with Crippen LogP contribution < -0.4 is 10.1 Å². The van der Waals surface area contributed by atoms with Gasteiger partial charge in [0.05, 0.1) is 7.11 Å². The van der Waals surface area contributed by atoms with Crippen molar-refractivity contribution < 1.29 is 9.84 Å². The van der Waals surface area contributed by atoms with Crippen LogP contribution in [-0.2, 0) is 6.54 Å². The van der Waals surface area contributed by atoms with Crippen LogP contribution in [-0.4, -0.2) is 24.9 Å². The van der Waals surface area contributed by atoms with Gasteiger partial charge in [0.1, 0.15) is 5.75 Å². The maximum absolute atomic E-state index is 8.75. The van der Waals surface area contributed by atoms with Gasteiger partial charge in [-0.3, -0.25) is 0 Å². The largest absolute Gasteiger partial charge is 0.497 e. The Kier molecular flexibility index (Phi) is 5.15. The van der Waals surface area contributed by atoms with Gasteiger partial charge in [0.2, 0.25) is 0 Å². The average Bonchev–Trinajstić information content (AvgIpc) is 2.27. The van der Waals surface area contributed by atoms with E-state index in [1.165, 1.54) is 5.56 Å². The zero-order valence-electron chi connectivity index (χ0n) is 9.36. The monoisotopic (exact) mass is 209 g/mol. The fourth-order valence-corrected chi connectivity index (χ4v) is 1.33. The summed E-state index contributed by atoms with van der Waals surface area (Å²) in [4.78, 5) is 0. The minimum Gasteiger partial charge on any atom is -0.497 e. The summed E-state index contributed by atoms with van der Waals surface area (Å²) in [5, 5.41) is 12.1. The molecule has 0 bridgehead atoms. The zero-order chi connectivity index (χ0) is 11.1. The number of nitrogens with one attached hydrogen (secondary N) is 1.